The molecule has 0 spiro atoms. The summed E-state index contributed by atoms with van der Waals surface area (Å²) in [7, 11) is 0. The van der Waals surface area contributed by atoms with Gasteiger partial charge in [-0.2, -0.15) is 4.98 Å². The number of piperidine rings is 1. The number of nitrogens with zero attached hydrogens (tertiary/aromatic N) is 2. The van der Waals surface area contributed by atoms with Crippen molar-refractivity contribution in [2.24, 2.45) is 5.92 Å². The van der Waals surface area contributed by atoms with Crippen LogP contribution >= 0.6 is 0 Å². The third kappa shape index (κ3) is 3.28. The molecule has 1 fully saturated rings. The Labute approximate surface area is 89.2 Å². The number of hydrogen-bond acceptors (Lipinski definition) is 5. The predicted octanol–water partition coefficient (Wildman–Crippen LogP) is 0.894. The van der Waals surface area contributed by atoms with Gasteiger partial charge in [0.2, 0.25) is 0 Å². The lowest BCUT2D eigenvalue weighted by Gasteiger charge is -2.21. The molecular formula is C10H17N3O2. The van der Waals surface area contributed by atoms with Crippen LogP contribution in [0.15, 0.2) is 4.52 Å². The lowest BCUT2D eigenvalue weighted by atomic mass is 9.99. The first-order valence-electron chi connectivity index (χ1n) is 5.42. The summed E-state index contributed by atoms with van der Waals surface area (Å²) in [6, 6.07) is 0. The van der Waals surface area contributed by atoms with E-state index in [9.17, 15) is 0 Å². The fourth-order valence-electron chi connectivity index (χ4n) is 1.76. The molecule has 0 amide bonds. The summed E-state index contributed by atoms with van der Waals surface area (Å²) in [5, 5.41) is 7.04. The minimum atomic E-state index is 0.435. The predicted molar refractivity (Wildman–Crippen MR) is 54.3 cm³/mol. The van der Waals surface area contributed by atoms with Crippen LogP contribution in [0, 0.1) is 12.8 Å². The molecule has 5 nitrogen and oxygen atoms in total. The van der Waals surface area contributed by atoms with Crippen molar-refractivity contribution in [2.75, 3.05) is 19.7 Å². The summed E-state index contributed by atoms with van der Waals surface area (Å²) in [4.78, 5) is 4.08. The Morgan fingerprint density at radius 3 is 2.93 bits per heavy atom. The lowest BCUT2D eigenvalue weighted by molar-refractivity contribution is 0.0602. The zero-order chi connectivity index (χ0) is 10.5. The Hall–Kier alpha value is -0.940. The van der Waals surface area contributed by atoms with Crippen LogP contribution in [0.25, 0.3) is 0 Å². The third-order valence-corrected chi connectivity index (χ3v) is 2.61. The first-order chi connectivity index (χ1) is 7.34. The van der Waals surface area contributed by atoms with Gasteiger partial charge in [-0.15, -0.1) is 0 Å². The van der Waals surface area contributed by atoms with Crippen molar-refractivity contribution in [1.82, 2.24) is 15.5 Å². The van der Waals surface area contributed by atoms with Gasteiger partial charge in [0.1, 0.15) is 6.61 Å². The second kappa shape index (κ2) is 5.23. The van der Waals surface area contributed by atoms with Crippen molar-refractivity contribution in [2.45, 2.75) is 26.4 Å². The maximum absolute atomic E-state index is 5.55. The number of aromatic nitrogens is 2. The highest BCUT2D eigenvalue weighted by atomic mass is 16.5. The van der Waals surface area contributed by atoms with E-state index >= 15 is 0 Å². The molecule has 0 aliphatic carbocycles. The molecule has 1 aliphatic rings. The van der Waals surface area contributed by atoms with E-state index in [1.165, 1.54) is 12.8 Å². The SMILES string of the molecule is Cc1noc(COCC2CCNCC2)n1. The molecule has 0 aromatic carbocycles. The number of nitrogens with one attached hydrogen (secondary N) is 1. The van der Waals surface area contributed by atoms with Crippen LogP contribution in [0.4, 0.5) is 0 Å². The highest BCUT2D eigenvalue weighted by Crippen LogP contribution is 2.12. The van der Waals surface area contributed by atoms with Gasteiger partial charge in [-0.1, -0.05) is 5.16 Å². The molecule has 1 saturated heterocycles. The Morgan fingerprint density at radius 1 is 1.47 bits per heavy atom. The molecule has 1 aromatic heterocycles. The van der Waals surface area contributed by atoms with Crippen molar-refractivity contribution in [1.29, 1.82) is 0 Å². The van der Waals surface area contributed by atoms with E-state index in [1.807, 2.05) is 0 Å². The van der Waals surface area contributed by atoms with Gasteiger partial charge >= 0.3 is 0 Å². The van der Waals surface area contributed by atoms with Gasteiger partial charge in [0, 0.05) is 0 Å². The van der Waals surface area contributed by atoms with Crippen LogP contribution in [-0.2, 0) is 11.3 Å². The second-order valence-electron chi connectivity index (χ2n) is 3.94. The summed E-state index contributed by atoms with van der Waals surface area (Å²) in [5.74, 6) is 1.91. The quantitative estimate of drug-likeness (QED) is 0.801. The maximum Gasteiger partial charge on any atom is 0.252 e. The van der Waals surface area contributed by atoms with Gasteiger partial charge in [0.25, 0.3) is 5.89 Å². The number of hydrogen-bond donors (Lipinski definition) is 1. The van der Waals surface area contributed by atoms with Crippen molar-refractivity contribution in [3.8, 4) is 0 Å². The molecule has 0 bridgehead atoms. The average Bonchev–Trinajstić information content (AvgIpc) is 2.66. The molecule has 0 unspecified atom stereocenters. The first-order valence-corrected chi connectivity index (χ1v) is 5.42. The summed E-state index contributed by atoms with van der Waals surface area (Å²) in [6.07, 6.45) is 2.39. The molecule has 5 heteroatoms. The fraction of sp³-hybridized carbons (Fsp3) is 0.800. The normalized spacial score (nSPS) is 18.2. The minimum Gasteiger partial charge on any atom is -0.371 e. The van der Waals surface area contributed by atoms with E-state index in [2.05, 4.69) is 15.5 Å². The summed E-state index contributed by atoms with van der Waals surface area (Å²) >= 11 is 0. The molecule has 15 heavy (non-hydrogen) atoms. The molecule has 1 N–H and O–H groups in total. The fourth-order valence-corrected chi connectivity index (χ4v) is 1.76. The highest BCUT2D eigenvalue weighted by Gasteiger charge is 2.13. The number of ether oxygens (including phenoxy) is 1. The van der Waals surface area contributed by atoms with Crippen molar-refractivity contribution >= 4 is 0 Å². The van der Waals surface area contributed by atoms with Crippen molar-refractivity contribution in [3.63, 3.8) is 0 Å². The molecular weight excluding hydrogens is 194 g/mol. The van der Waals surface area contributed by atoms with Crippen LogP contribution in [0.2, 0.25) is 0 Å². The van der Waals surface area contributed by atoms with E-state index in [-0.39, 0.29) is 0 Å². The molecule has 0 radical (unpaired) electrons. The average molecular weight is 211 g/mol. The lowest BCUT2D eigenvalue weighted by Crippen LogP contribution is -2.29. The topological polar surface area (TPSA) is 60.2 Å². The molecule has 2 rings (SSSR count). The molecule has 84 valence electrons. The molecule has 0 saturated carbocycles. The van der Waals surface area contributed by atoms with Gasteiger partial charge in [0.15, 0.2) is 5.82 Å². The third-order valence-electron chi connectivity index (χ3n) is 2.61. The summed E-state index contributed by atoms with van der Waals surface area (Å²) < 4.78 is 10.5. The molecule has 2 heterocycles. The van der Waals surface area contributed by atoms with Crippen LogP contribution < -0.4 is 5.32 Å². The van der Waals surface area contributed by atoms with E-state index < -0.39 is 0 Å². The largest absolute Gasteiger partial charge is 0.371 e. The Kier molecular flexibility index (Phi) is 3.69. The highest BCUT2D eigenvalue weighted by molar-refractivity contribution is 4.80. The minimum absolute atomic E-state index is 0.435. The number of rotatable bonds is 4. The monoisotopic (exact) mass is 211 g/mol. The Morgan fingerprint density at radius 2 is 2.27 bits per heavy atom. The molecule has 1 aliphatic heterocycles. The van der Waals surface area contributed by atoms with Gasteiger partial charge in [-0.05, 0) is 38.8 Å². The van der Waals surface area contributed by atoms with Crippen molar-refractivity contribution in [3.05, 3.63) is 11.7 Å². The summed E-state index contributed by atoms with van der Waals surface area (Å²) in [5.41, 5.74) is 0. The van der Waals surface area contributed by atoms with E-state index in [4.69, 9.17) is 9.26 Å². The smallest absolute Gasteiger partial charge is 0.252 e. The van der Waals surface area contributed by atoms with Gasteiger partial charge in [0.05, 0.1) is 6.61 Å². The zero-order valence-electron chi connectivity index (χ0n) is 9.03. The second-order valence-corrected chi connectivity index (χ2v) is 3.94. The van der Waals surface area contributed by atoms with Gasteiger partial charge in [-0.3, -0.25) is 0 Å². The van der Waals surface area contributed by atoms with Crippen LogP contribution in [0.5, 0.6) is 0 Å². The number of aryl methyl sites for hydroxylation is 1. The maximum atomic E-state index is 5.55. The molecule has 0 atom stereocenters. The van der Waals surface area contributed by atoms with Crippen molar-refractivity contribution < 1.29 is 9.26 Å². The Bertz CT molecular complexity index is 295. The molecule has 1 aromatic rings. The van der Waals surface area contributed by atoms with Crippen LogP contribution in [-0.4, -0.2) is 29.8 Å². The Balaban J connectivity index is 1.65. The van der Waals surface area contributed by atoms with Gasteiger partial charge in [-0.25, -0.2) is 0 Å². The van der Waals surface area contributed by atoms with Gasteiger partial charge < -0.3 is 14.6 Å². The standard InChI is InChI=1S/C10H17N3O2/c1-8-12-10(15-13-8)7-14-6-9-2-4-11-5-3-9/h9,11H,2-7H2,1H3. The van der Waals surface area contributed by atoms with E-state index in [0.29, 0.717) is 24.2 Å². The summed E-state index contributed by atoms with van der Waals surface area (Å²) in [6.45, 7) is 5.25. The van der Waals surface area contributed by atoms with E-state index in [1.54, 1.807) is 6.92 Å². The van der Waals surface area contributed by atoms with Crippen LogP contribution in [0.1, 0.15) is 24.6 Å². The zero-order valence-corrected chi connectivity index (χ0v) is 9.03. The first kappa shape index (κ1) is 10.6. The van der Waals surface area contributed by atoms with Crippen LogP contribution in [0.3, 0.4) is 0 Å². The van der Waals surface area contributed by atoms with E-state index in [0.717, 1.165) is 19.7 Å².